The fourth-order valence-electron chi connectivity index (χ4n) is 1.42. The molecule has 0 bridgehead atoms. The summed E-state index contributed by atoms with van der Waals surface area (Å²) in [6.45, 7) is 0. The first kappa shape index (κ1) is 14.4. The van der Waals surface area contributed by atoms with E-state index in [1.54, 1.807) is 18.2 Å². The van der Waals surface area contributed by atoms with Crippen molar-refractivity contribution in [2.24, 2.45) is 0 Å². The Balaban J connectivity index is 2.47. The molecule has 2 aromatic rings. The summed E-state index contributed by atoms with van der Waals surface area (Å²) in [5, 5.41) is -0.211. The lowest BCUT2D eigenvalue weighted by atomic mass is 10.2. The van der Waals surface area contributed by atoms with Crippen molar-refractivity contribution in [3.05, 3.63) is 44.1 Å². The molecule has 0 amide bonds. The van der Waals surface area contributed by atoms with Crippen molar-refractivity contribution in [1.29, 1.82) is 0 Å². The van der Waals surface area contributed by atoms with Crippen molar-refractivity contribution < 1.29 is 9.13 Å². The summed E-state index contributed by atoms with van der Waals surface area (Å²) in [6.07, 6.45) is 0. The number of rotatable bonds is 2. The molecule has 0 aliphatic rings. The monoisotopic (exact) mass is 408 g/mol. The van der Waals surface area contributed by atoms with Gasteiger partial charge in [-0.05, 0) is 40.2 Å². The first-order valence-corrected chi connectivity index (χ1v) is 7.02. The molecule has 7 heteroatoms. The van der Waals surface area contributed by atoms with Crippen LogP contribution in [0, 0.1) is 5.82 Å². The molecule has 0 aliphatic carbocycles. The Hall–Kier alpha value is -0.980. The minimum atomic E-state index is -0.783. The maximum absolute atomic E-state index is 14.0. The zero-order valence-electron chi connectivity index (χ0n) is 9.38. The predicted octanol–water partition coefficient (Wildman–Crippen LogP) is 4.96. The number of halogens is 4. The van der Waals surface area contributed by atoms with Crippen molar-refractivity contribution in [3.63, 3.8) is 0 Å². The highest BCUT2D eigenvalue weighted by molar-refractivity contribution is 9.11. The van der Waals surface area contributed by atoms with Gasteiger partial charge in [0.15, 0.2) is 11.6 Å². The molecule has 0 aliphatic heterocycles. The summed E-state index contributed by atoms with van der Waals surface area (Å²) >= 11 is 12.4. The van der Waals surface area contributed by atoms with Gasteiger partial charge in [-0.3, -0.25) is 0 Å². The second-order valence-corrected chi connectivity index (χ2v) is 5.84. The molecule has 0 aromatic heterocycles. The number of ether oxygens (including phenoxy) is 1. The molecule has 2 rings (SSSR count). The standard InChI is InChI=1S/C12H8Br2ClFN2O/c13-5-1-2-9(6(14)3-5)19-12-8(18)4-7(17)10(15)11(12)16/h1-4H,17-18H2. The molecule has 0 heterocycles. The number of benzene rings is 2. The van der Waals surface area contributed by atoms with Crippen molar-refractivity contribution >= 4 is 54.8 Å². The molecule has 4 N–H and O–H groups in total. The largest absolute Gasteiger partial charge is 0.451 e. The van der Waals surface area contributed by atoms with Gasteiger partial charge in [0.05, 0.1) is 15.8 Å². The van der Waals surface area contributed by atoms with Gasteiger partial charge >= 0.3 is 0 Å². The van der Waals surface area contributed by atoms with Crippen LogP contribution in [-0.2, 0) is 0 Å². The number of nitrogens with two attached hydrogens (primary N) is 2. The van der Waals surface area contributed by atoms with E-state index in [1.165, 1.54) is 6.07 Å². The molecule has 3 nitrogen and oxygen atoms in total. The molecule has 0 atom stereocenters. The lowest BCUT2D eigenvalue weighted by molar-refractivity contribution is 0.443. The van der Waals surface area contributed by atoms with Gasteiger partial charge in [-0.2, -0.15) is 0 Å². The fourth-order valence-corrected chi connectivity index (χ4v) is 2.69. The van der Waals surface area contributed by atoms with Crippen LogP contribution in [0.3, 0.4) is 0 Å². The quantitative estimate of drug-likeness (QED) is 0.688. The van der Waals surface area contributed by atoms with Crippen LogP contribution in [0.15, 0.2) is 33.2 Å². The van der Waals surface area contributed by atoms with E-state index in [9.17, 15) is 4.39 Å². The summed E-state index contributed by atoms with van der Waals surface area (Å²) in [5.74, 6) is -0.522. The van der Waals surface area contributed by atoms with Gasteiger partial charge < -0.3 is 16.2 Å². The Bertz CT molecular complexity index is 652. The lowest BCUT2D eigenvalue weighted by Crippen LogP contribution is -2.00. The van der Waals surface area contributed by atoms with Crippen LogP contribution in [0.2, 0.25) is 5.02 Å². The number of hydrogen-bond acceptors (Lipinski definition) is 3. The zero-order valence-corrected chi connectivity index (χ0v) is 13.3. The lowest BCUT2D eigenvalue weighted by Gasteiger charge is -2.13. The van der Waals surface area contributed by atoms with E-state index in [-0.39, 0.29) is 22.1 Å². The highest BCUT2D eigenvalue weighted by Gasteiger charge is 2.17. The van der Waals surface area contributed by atoms with Crippen LogP contribution < -0.4 is 16.2 Å². The minimum absolute atomic E-state index is 0.0684. The Morgan fingerprint density at radius 3 is 2.42 bits per heavy atom. The Morgan fingerprint density at radius 1 is 1.11 bits per heavy atom. The molecular weight excluding hydrogens is 402 g/mol. The van der Waals surface area contributed by atoms with E-state index < -0.39 is 5.82 Å². The Kier molecular flexibility index (Phi) is 4.23. The third-order valence-electron chi connectivity index (χ3n) is 2.32. The van der Waals surface area contributed by atoms with E-state index in [0.717, 1.165) is 4.47 Å². The average molecular weight is 410 g/mol. The van der Waals surface area contributed by atoms with Crippen molar-refractivity contribution in [3.8, 4) is 11.5 Å². The van der Waals surface area contributed by atoms with Crippen molar-refractivity contribution in [1.82, 2.24) is 0 Å². The van der Waals surface area contributed by atoms with E-state index in [0.29, 0.717) is 10.2 Å². The fraction of sp³-hybridized carbons (Fsp3) is 0. The van der Waals surface area contributed by atoms with Gasteiger partial charge in [0.2, 0.25) is 0 Å². The maximum Gasteiger partial charge on any atom is 0.188 e. The second kappa shape index (κ2) is 5.56. The highest BCUT2D eigenvalue weighted by atomic mass is 79.9. The van der Waals surface area contributed by atoms with E-state index >= 15 is 0 Å². The number of nitrogen functional groups attached to an aromatic ring is 2. The van der Waals surface area contributed by atoms with Gasteiger partial charge in [0.1, 0.15) is 10.8 Å². The van der Waals surface area contributed by atoms with Gasteiger partial charge in [-0.25, -0.2) is 4.39 Å². The smallest absolute Gasteiger partial charge is 0.188 e. The summed E-state index contributed by atoms with van der Waals surface area (Å²) in [5.41, 5.74) is 11.3. The number of hydrogen-bond donors (Lipinski definition) is 2. The van der Waals surface area contributed by atoms with E-state index in [4.69, 9.17) is 27.8 Å². The summed E-state index contributed by atoms with van der Waals surface area (Å²) in [6, 6.07) is 6.54. The third kappa shape index (κ3) is 2.96. The molecule has 0 unspecified atom stereocenters. The topological polar surface area (TPSA) is 61.3 Å². The van der Waals surface area contributed by atoms with Crippen molar-refractivity contribution in [2.45, 2.75) is 0 Å². The van der Waals surface area contributed by atoms with Crippen LogP contribution in [0.4, 0.5) is 15.8 Å². The van der Waals surface area contributed by atoms with Crippen LogP contribution in [0.5, 0.6) is 11.5 Å². The highest BCUT2D eigenvalue weighted by Crippen LogP contribution is 2.40. The van der Waals surface area contributed by atoms with Crippen LogP contribution in [0.1, 0.15) is 0 Å². The molecule has 0 saturated carbocycles. The molecule has 2 aromatic carbocycles. The number of anilines is 2. The normalized spacial score (nSPS) is 10.5. The van der Waals surface area contributed by atoms with Gasteiger partial charge in [-0.15, -0.1) is 0 Å². The molecule has 0 fully saturated rings. The minimum Gasteiger partial charge on any atom is -0.451 e. The van der Waals surface area contributed by atoms with Crippen LogP contribution >= 0.6 is 43.5 Å². The van der Waals surface area contributed by atoms with Crippen LogP contribution in [0.25, 0.3) is 0 Å². The Labute approximate surface area is 130 Å². The molecule has 19 heavy (non-hydrogen) atoms. The SMILES string of the molecule is Nc1cc(N)c(Oc2ccc(Br)cc2Br)c(F)c1Cl. The van der Waals surface area contributed by atoms with Gasteiger partial charge in [0.25, 0.3) is 0 Å². The summed E-state index contributed by atoms with van der Waals surface area (Å²) in [4.78, 5) is 0. The molecule has 100 valence electrons. The summed E-state index contributed by atoms with van der Waals surface area (Å²) < 4.78 is 20.9. The molecule has 0 radical (unpaired) electrons. The predicted molar refractivity (Wildman–Crippen MR) is 82.2 cm³/mol. The molecule has 0 saturated heterocycles. The van der Waals surface area contributed by atoms with E-state index in [2.05, 4.69) is 31.9 Å². The van der Waals surface area contributed by atoms with Gasteiger partial charge in [-0.1, -0.05) is 27.5 Å². The molecule has 0 spiro atoms. The summed E-state index contributed by atoms with van der Waals surface area (Å²) in [7, 11) is 0. The van der Waals surface area contributed by atoms with E-state index in [1.807, 2.05) is 0 Å². The third-order valence-corrected chi connectivity index (χ3v) is 3.82. The molecular formula is C12H8Br2ClFN2O. The first-order valence-electron chi connectivity index (χ1n) is 5.06. The van der Waals surface area contributed by atoms with Gasteiger partial charge in [0, 0.05) is 4.47 Å². The maximum atomic E-state index is 14.0. The zero-order chi connectivity index (χ0) is 14.2. The first-order chi connectivity index (χ1) is 8.90. The van der Waals surface area contributed by atoms with Crippen molar-refractivity contribution in [2.75, 3.05) is 11.5 Å². The average Bonchev–Trinajstić information content (AvgIpc) is 2.34. The van der Waals surface area contributed by atoms with Crippen LogP contribution in [-0.4, -0.2) is 0 Å². The second-order valence-electron chi connectivity index (χ2n) is 3.69. The Morgan fingerprint density at radius 2 is 1.79 bits per heavy atom.